The highest BCUT2D eigenvalue weighted by molar-refractivity contribution is 6.05. The molecule has 0 heterocycles. The molecule has 4 heteroatoms. The van der Waals surface area contributed by atoms with Crippen LogP contribution in [0.1, 0.15) is 13.3 Å². The van der Waals surface area contributed by atoms with Crippen LogP contribution in [0.25, 0.3) is 10.8 Å². The predicted octanol–water partition coefficient (Wildman–Crippen LogP) is 2.77. The lowest BCUT2D eigenvalue weighted by atomic mass is 10.1. The van der Waals surface area contributed by atoms with Gasteiger partial charge >= 0.3 is 0 Å². The van der Waals surface area contributed by atoms with Gasteiger partial charge in [0.2, 0.25) is 5.91 Å². The average molecular weight is 257 g/mol. The van der Waals surface area contributed by atoms with E-state index in [9.17, 15) is 9.59 Å². The highest BCUT2D eigenvalue weighted by atomic mass is 16.5. The van der Waals surface area contributed by atoms with Gasteiger partial charge in [0.1, 0.15) is 11.5 Å². The molecule has 0 aromatic heterocycles. The van der Waals surface area contributed by atoms with Crippen LogP contribution in [0.3, 0.4) is 0 Å². The SMILES string of the molecule is COc1cc2ccccc2cc1NC(=O)CC(C)=O. The Morgan fingerprint density at radius 3 is 2.37 bits per heavy atom. The monoisotopic (exact) mass is 257 g/mol. The summed E-state index contributed by atoms with van der Waals surface area (Å²) >= 11 is 0. The van der Waals surface area contributed by atoms with Crippen LogP contribution in [0.4, 0.5) is 5.69 Å². The molecule has 0 bridgehead atoms. The Hall–Kier alpha value is -2.36. The molecule has 0 aliphatic heterocycles. The number of nitrogens with one attached hydrogen (secondary N) is 1. The highest BCUT2D eigenvalue weighted by Crippen LogP contribution is 2.30. The van der Waals surface area contributed by atoms with E-state index in [0.717, 1.165) is 10.8 Å². The molecule has 2 rings (SSSR count). The Morgan fingerprint density at radius 2 is 1.79 bits per heavy atom. The van der Waals surface area contributed by atoms with Crippen molar-refractivity contribution in [1.29, 1.82) is 0 Å². The molecule has 0 fully saturated rings. The van der Waals surface area contributed by atoms with Gasteiger partial charge in [0.15, 0.2) is 0 Å². The van der Waals surface area contributed by atoms with Gasteiger partial charge in [-0.05, 0) is 29.8 Å². The highest BCUT2D eigenvalue weighted by Gasteiger charge is 2.10. The molecular weight excluding hydrogens is 242 g/mol. The molecule has 98 valence electrons. The molecule has 0 aliphatic carbocycles. The summed E-state index contributed by atoms with van der Waals surface area (Å²) in [5.41, 5.74) is 0.576. The van der Waals surface area contributed by atoms with Crippen LogP contribution >= 0.6 is 0 Å². The van der Waals surface area contributed by atoms with E-state index in [0.29, 0.717) is 11.4 Å². The summed E-state index contributed by atoms with van der Waals surface area (Å²) in [6.45, 7) is 1.39. The third kappa shape index (κ3) is 3.10. The summed E-state index contributed by atoms with van der Waals surface area (Å²) in [4.78, 5) is 22.6. The zero-order chi connectivity index (χ0) is 13.8. The molecule has 0 aliphatic rings. The first-order chi connectivity index (χ1) is 9.10. The molecule has 1 amide bonds. The molecule has 0 saturated heterocycles. The van der Waals surface area contributed by atoms with Gasteiger partial charge < -0.3 is 10.1 Å². The summed E-state index contributed by atoms with van der Waals surface area (Å²) in [6.07, 6.45) is -0.129. The summed E-state index contributed by atoms with van der Waals surface area (Å²) in [5, 5.41) is 4.73. The zero-order valence-electron chi connectivity index (χ0n) is 10.9. The van der Waals surface area contributed by atoms with Crippen molar-refractivity contribution in [2.45, 2.75) is 13.3 Å². The first-order valence-corrected chi connectivity index (χ1v) is 5.96. The molecule has 4 nitrogen and oxygen atoms in total. The molecular formula is C15H15NO3. The fraction of sp³-hybridized carbons (Fsp3) is 0.200. The number of carbonyl (C=O) groups excluding carboxylic acids is 2. The van der Waals surface area contributed by atoms with Crippen LogP contribution in [-0.2, 0) is 9.59 Å². The maximum Gasteiger partial charge on any atom is 0.231 e. The molecule has 2 aromatic carbocycles. The lowest BCUT2D eigenvalue weighted by Crippen LogP contribution is -2.15. The lowest BCUT2D eigenvalue weighted by Gasteiger charge is -2.11. The Balaban J connectivity index is 2.35. The van der Waals surface area contributed by atoms with E-state index in [1.165, 1.54) is 6.92 Å². The third-order valence-corrected chi connectivity index (χ3v) is 2.75. The smallest absolute Gasteiger partial charge is 0.231 e. The van der Waals surface area contributed by atoms with Gasteiger partial charge in [-0.25, -0.2) is 0 Å². The maximum atomic E-state index is 11.6. The van der Waals surface area contributed by atoms with Gasteiger partial charge in [-0.3, -0.25) is 9.59 Å². The van der Waals surface area contributed by atoms with Gasteiger partial charge in [-0.15, -0.1) is 0 Å². The molecule has 0 radical (unpaired) electrons. The van der Waals surface area contributed by atoms with Gasteiger partial charge in [-0.2, -0.15) is 0 Å². The second kappa shape index (κ2) is 5.52. The van der Waals surface area contributed by atoms with Crippen LogP contribution in [0.2, 0.25) is 0 Å². The predicted molar refractivity (Wildman–Crippen MR) is 74.4 cm³/mol. The van der Waals surface area contributed by atoms with Crippen molar-refractivity contribution in [2.24, 2.45) is 0 Å². The fourth-order valence-electron chi connectivity index (χ4n) is 1.91. The Kier molecular flexibility index (Phi) is 3.80. The van der Waals surface area contributed by atoms with Gasteiger partial charge in [-0.1, -0.05) is 24.3 Å². The van der Waals surface area contributed by atoms with Crippen molar-refractivity contribution in [2.75, 3.05) is 12.4 Å². The van der Waals surface area contributed by atoms with E-state index in [-0.39, 0.29) is 18.1 Å². The number of hydrogen-bond acceptors (Lipinski definition) is 3. The number of fused-ring (bicyclic) bond motifs is 1. The maximum absolute atomic E-state index is 11.6. The molecule has 0 atom stereocenters. The summed E-state index contributed by atoms with van der Waals surface area (Å²) in [5.74, 6) is 0.0777. The number of benzene rings is 2. The van der Waals surface area contributed by atoms with Crippen molar-refractivity contribution >= 4 is 28.2 Å². The van der Waals surface area contributed by atoms with E-state index >= 15 is 0 Å². The molecule has 0 spiro atoms. The minimum atomic E-state index is -0.332. The van der Waals surface area contributed by atoms with E-state index in [1.54, 1.807) is 7.11 Å². The van der Waals surface area contributed by atoms with Crippen LogP contribution in [0.15, 0.2) is 36.4 Å². The largest absolute Gasteiger partial charge is 0.495 e. The Bertz CT molecular complexity index is 634. The van der Waals surface area contributed by atoms with E-state index in [4.69, 9.17) is 4.74 Å². The van der Waals surface area contributed by atoms with Crippen molar-refractivity contribution in [3.63, 3.8) is 0 Å². The van der Waals surface area contributed by atoms with E-state index in [1.807, 2.05) is 36.4 Å². The topological polar surface area (TPSA) is 55.4 Å². The van der Waals surface area contributed by atoms with Crippen molar-refractivity contribution in [1.82, 2.24) is 0 Å². The van der Waals surface area contributed by atoms with E-state index < -0.39 is 0 Å². The normalized spacial score (nSPS) is 10.2. The minimum absolute atomic E-state index is 0.129. The fourth-order valence-corrected chi connectivity index (χ4v) is 1.91. The summed E-state index contributed by atoms with van der Waals surface area (Å²) in [6, 6.07) is 11.5. The molecule has 0 unspecified atom stereocenters. The van der Waals surface area contributed by atoms with Crippen molar-refractivity contribution in [3.05, 3.63) is 36.4 Å². The number of methoxy groups -OCH3 is 1. The quantitative estimate of drug-likeness (QED) is 0.857. The minimum Gasteiger partial charge on any atom is -0.495 e. The Labute approximate surface area is 111 Å². The Morgan fingerprint density at radius 1 is 1.16 bits per heavy atom. The first-order valence-electron chi connectivity index (χ1n) is 5.96. The number of hydrogen-bond donors (Lipinski definition) is 1. The van der Waals surface area contributed by atoms with Crippen molar-refractivity contribution < 1.29 is 14.3 Å². The van der Waals surface area contributed by atoms with Gasteiger partial charge in [0, 0.05) is 0 Å². The number of anilines is 1. The summed E-state index contributed by atoms with van der Waals surface area (Å²) in [7, 11) is 1.55. The second-order valence-electron chi connectivity index (χ2n) is 4.33. The average Bonchev–Trinajstić information content (AvgIpc) is 2.36. The second-order valence-corrected chi connectivity index (χ2v) is 4.33. The zero-order valence-corrected chi connectivity index (χ0v) is 10.9. The van der Waals surface area contributed by atoms with Crippen LogP contribution in [-0.4, -0.2) is 18.8 Å². The third-order valence-electron chi connectivity index (χ3n) is 2.75. The number of amides is 1. The molecule has 0 saturated carbocycles. The molecule has 1 N–H and O–H groups in total. The molecule has 2 aromatic rings. The number of rotatable bonds is 4. The van der Waals surface area contributed by atoms with Crippen LogP contribution < -0.4 is 10.1 Å². The number of carbonyl (C=O) groups is 2. The molecule has 19 heavy (non-hydrogen) atoms. The first kappa shape index (κ1) is 13.1. The van der Waals surface area contributed by atoms with E-state index in [2.05, 4.69) is 5.32 Å². The van der Waals surface area contributed by atoms with Crippen LogP contribution in [0, 0.1) is 0 Å². The number of ketones is 1. The number of Topliss-reactive ketones (excluding diaryl/α,β-unsaturated/α-hetero) is 1. The summed E-state index contributed by atoms with van der Waals surface area (Å²) < 4.78 is 5.26. The number of ether oxygens (including phenoxy) is 1. The lowest BCUT2D eigenvalue weighted by molar-refractivity contribution is -0.124. The van der Waals surface area contributed by atoms with Crippen LogP contribution in [0.5, 0.6) is 5.75 Å². The van der Waals surface area contributed by atoms with Crippen molar-refractivity contribution in [3.8, 4) is 5.75 Å². The van der Waals surface area contributed by atoms with Gasteiger partial charge in [0.05, 0.1) is 19.2 Å². The standard InChI is InChI=1S/C15H15NO3/c1-10(17)7-15(18)16-13-8-11-5-3-4-6-12(11)9-14(13)19-2/h3-6,8-9H,7H2,1-2H3,(H,16,18). The van der Waals surface area contributed by atoms with Gasteiger partial charge in [0.25, 0.3) is 0 Å².